The molecular weight excluding hydrogens is 238 g/mol. The van der Waals surface area contributed by atoms with Crippen LogP contribution < -0.4 is 11.1 Å². The zero-order valence-electron chi connectivity index (χ0n) is 10.9. The molecule has 1 aromatic carbocycles. The number of pyridine rings is 1. The highest BCUT2D eigenvalue weighted by Crippen LogP contribution is 2.10. The van der Waals surface area contributed by atoms with Gasteiger partial charge in [0.15, 0.2) is 0 Å². The first-order valence-electron chi connectivity index (χ1n) is 6.20. The molecule has 0 radical (unpaired) electrons. The summed E-state index contributed by atoms with van der Waals surface area (Å²) < 4.78 is 0. The number of anilines is 2. The van der Waals surface area contributed by atoms with Gasteiger partial charge in [-0.3, -0.25) is 4.79 Å². The fourth-order valence-corrected chi connectivity index (χ4v) is 1.82. The summed E-state index contributed by atoms with van der Waals surface area (Å²) in [5.41, 5.74) is 8.55. The number of hydrogen-bond acceptors (Lipinski definition) is 3. The average molecular weight is 255 g/mol. The smallest absolute Gasteiger partial charge is 0.225 e. The number of carbonyl (C=O) groups excluding carboxylic acids is 1. The Morgan fingerprint density at radius 2 is 2.16 bits per heavy atom. The van der Waals surface area contributed by atoms with E-state index < -0.39 is 0 Å². The molecule has 4 nitrogen and oxygen atoms in total. The molecule has 0 saturated carbocycles. The maximum absolute atomic E-state index is 11.8. The molecule has 1 aromatic heterocycles. The normalized spacial score (nSPS) is 10.2. The van der Waals surface area contributed by atoms with Crippen LogP contribution in [0.15, 0.2) is 42.6 Å². The Kier molecular flexibility index (Phi) is 4.13. The van der Waals surface area contributed by atoms with Crippen LogP contribution in [-0.4, -0.2) is 10.9 Å². The number of aromatic nitrogens is 1. The molecule has 0 aliphatic heterocycles. The van der Waals surface area contributed by atoms with Gasteiger partial charge >= 0.3 is 0 Å². The fourth-order valence-electron chi connectivity index (χ4n) is 1.82. The van der Waals surface area contributed by atoms with Crippen LogP contribution in [0.1, 0.15) is 17.5 Å². The summed E-state index contributed by atoms with van der Waals surface area (Å²) in [7, 11) is 0. The largest absolute Gasteiger partial charge is 0.399 e. The summed E-state index contributed by atoms with van der Waals surface area (Å²) in [6.07, 6.45) is 2.77. The minimum atomic E-state index is -0.0412. The Labute approximate surface area is 112 Å². The maximum atomic E-state index is 11.8. The van der Waals surface area contributed by atoms with Crippen molar-refractivity contribution < 1.29 is 4.79 Å². The van der Waals surface area contributed by atoms with Gasteiger partial charge in [-0.05, 0) is 48.7 Å². The van der Waals surface area contributed by atoms with Crippen molar-refractivity contribution in [2.24, 2.45) is 0 Å². The van der Waals surface area contributed by atoms with Crippen LogP contribution in [0.2, 0.25) is 0 Å². The molecule has 3 N–H and O–H groups in total. The lowest BCUT2D eigenvalue weighted by Gasteiger charge is -2.05. The standard InChI is InChI=1S/C15H17N3O/c1-11-7-8-17-14(9-11)18-15(19)6-5-12-3-2-4-13(16)10-12/h2-4,7-10H,5-6,16H2,1H3,(H,17,18,19). The van der Waals surface area contributed by atoms with Gasteiger partial charge in [0.05, 0.1) is 0 Å². The third-order valence-electron chi connectivity index (χ3n) is 2.77. The van der Waals surface area contributed by atoms with Gasteiger partial charge in [0.25, 0.3) is 0 Å². The third kappa shape index (κ3) is 4.10. The summed E-state index contributed by atoms with van der Waals surface area (Å²) >= 11 is 0. The number of nitrogen functional groups attached to an aromatic ring is 1. The minimum absolute atomic E-state index is 0.0412. The number of aryl methyl sites for hydroxylation is 2. The van der Waals surface area contributed by atoms with Crippen molar-refractivity contribution in [2.45, 2.75) is 19.8 Å². The van der Waals surface area contributed by atoms with Gasteiger partial charge in [-0.15, -0.1) is 0 Å². The molecule has 2 rings (SSSR count). The maximum Gasteiger partial charge on any atom is 0.225 e. The lowest BCUT2D eigenvalue weighted by Crippen LogP contribution is -2.13. The van der Waals surface area contributed by atoms with Crippen molar-refractivity contribution in [3.8, 4) is 0 Å². The first-order chi connectivity index (χ1) is 9.13. The molecule has 4 heteroatoms. The Morgan fingerprint density at radius 3 is 2.89 bits per heavy atom. The van der Waals surface area contributed by atoms with E-state index >= 15 is 0 Å². The van der Waals surface area contributed by atoms with Gasteiger partial charge in [-0.25, -0.2) is 4.98 Å². The van der Waals surface area contributed by atoms with E-state index in [-0.39, 0.29) is 5.91 Å². The van der Waals surface area contributed by atoms with Gasteiger partial charge < -0.3 is 11.1 Å². The van der Waals surface area contributed by atoms with E-state index in [1.165, 1.54) is 0 Å². The first kappa shape index (κ1) is 13.1. The Bertz CT molecular complexity index is 581. The van der Waals surface area contributed by atoms with E-state index in [9.17, 15) is 4.79 Å². The second-order valence-corrected chi connectivity index (χ2v) is 4.51. The van der Waals surface area contributed by atoms with Crippen molar-refractivity contribution in [1.29, 1.82) is 0 Å². The highest BCUT2D eigenvalue weighted by Gasteiger charge is 2.04. The van der Waals surface area contributed by atoms with Crippen LogP contribution >= 0.6 is 0 Å². The topological polar surface area (TPSA) is 68.0 Å². The van der Waals surface area contributed by atoms with Gasteiger partial charge in [-0.1, -0.05) is 12.1 Å². The van der Waals surface area contributed by atoms with Crippen LogP contribution in [0.4, 0.5) is 11.5 Å². The number of benzene rings is 1. The number of nitrogens with two attached hydrogens (primary N) is 1. The van der Waals surface area contributed by atoms with Crippen LogP contribution in [0.25, 0.3) is 0 Å². The molecule has 0 aliphatic carbocycles. The van der Waals surface area contributed by atoms with E-state index in [1.807, 2.05) is 43.3 Å². The monoisotopic (exact) mass is 255 g/mol. The predicted molar refractivity (Wildman–Crippen MR) is 76.8 cm³/mol. The molecular formula is C15H17N3O. The van der Waals surface area contributed by atoms with Crippen LogP contribution in [0.3, 0.4) is 0 Å². The Balaban J connectivity index is 1.88. The lowest BCUT2D eigenvalue weighted by atomic mass is 10.1. The number of carbonyl (C=O) groups is 1. The van der Waals surface area contributed by atoms with E-state index in [0.29, 0.717) is 18.7 Å². The zero-order valence-corrected chi connectivity index (χ0v) is 10.9. The molecule has 1 amide bonds. The van der Waals surface area contributed by atoms with Gasteiger partial charge in [0.1, 0.15) is 5.82 Å². The number of hydrogen-bond donors (Lipinski definition) is 2. The molecule has 0 saturated heterocycles. The molecule has 0 fully saturated rings. The summed E-state index contributed by atoms with van der Waals surface area (Å²) in [6, 6.07) is 11.3. The highest BCUT2D eigenvalue weighted by atomic mass is 16.1. The first-order valence-corrected chi connectivity index (χ1v) is 6.20. The van der Waals surface area contributed by atoms with E-state index in [4.69, 9.17) is 5.73 Å². The van der Waals surface area contributed by atoms with Crippen LogP contribution in [0.5, 0.6) is 0 Å². The number of nitrogens with zero attached hydrogens (tertiary/aromatic N) is 1. The number of nitrogens with one attached hydrogen (secondary N) is 1. The van der Waals surface area contributed by atoms with E-state index in [0.717, 1.165) is 16.8 Å². The molecule has 2 aromatic rings. The molecule has 0 spiro atoms. The highest BCUT2D eigenvalue weighted by molar-refractivity contribution is 5.89. The Morgan fingerprint density at radius 1 is 1.32 bits per heavy atom. The summed E-state index contributed by atoms with van der Waals surface area (Å²) in [4.78, 5) is 15.9. The number of rotatable bonds is 4. The van der Waals surface area contributed by atoms with Gasteiger partial charge in [-0.2, -0.15) is 0 Å². The summed E-state index contributed by atoms with van der Waals surface area (Å²) in [5.74, 6) is 0.554. The molecule has 19 heavy (non-hydrogen) atoms. The average Bonchev–Trinajstić information content (AvgIpc) is 2.36. The quantitative estimate of drug-likeness (QED) is 0.825. The van der Waals surface area contributed by atoms with Crippen molar-refractivity contribution >= 4 is 17.4 Å². The van der Waals surface area contributed by atoms with Crippen LogP contribution in [-0.2, 0) is 11.2 Å². The fraction of sp³-hybridized carbons (Fsp3) is 0.200. The van der Waals surface area contributed by atoms with Crippen molar-refractivity contribution in [1.82, 2.24) is 4.98 Å². The lowest BCUT2D eigenvalue weighted by molar-refractivity contribution is -0.116. The van der Waals surface area contributed by atoms with Crippen LogP contribution in [0, 0.1) is 6.92 Å². The van der Waals surface area contributed by atoms with Gasteiger partial charge in [0, 0.05) is 18.3 Å². The minimum Gasteiger partial charge on any atom is -0.399 e. The van der Waals surface area contributed by atoms with Crippen molar-refractivity contribution in [2.75, 3.05) is 11.1 Å². The second kappa shape index (κ2) is 6.00. The summed E-state index contributed by atoms with van der Waals surface area (Å²) in [5, 5.41) is 2.79. The van der Waals surface area contributed by atoms with E-state index in [2.05, 4.69) is 10.3 Å². The molecule has 98 valence electrons. The van der Waals surface area contributed by atoms with E-state index in [1.54, 1.807) is 6.20 Å². The third-order valence-corrected chi connectivity index (χ3v) is 2.77. The van der Waals surface area contributed by atoms with Crippen molar-refractivity contribution in [3.63, 3.8) is 0 Å². The zero-order chi connectivity index (χ0) is 13.7. The molecule has 0 bridgehead atoms. The predicted octanol–water partition coefficient (Wildman–Crippen LogP) is 2.54. The molecule has 0 unspecified atom stereocenters. The molecule has 0 aliphatic rings. The SMILES string of the molecule is Cc1ccnc(NC(=O)CCc2cccc(N)c2)c1. The molecule has 0 atom stereocenters. The van der Waals surface area contributed by atoms with Gasteiger partial charge in [0.2, 0.25) is 5.91 Å². The second-order valence-electron chi connectivity index (χ2n) is 4.51. The Hall–Kier alpha value is -2.36. The van der Waals surface area contributed by atoms with Crippen molar-refractivity contribution in [3.05, 3.63) is 53.7 Å². The molecule has 1 heterocycles. The summed E-state index contributed by atoms with van der Waals surface area (Å²) in [6.45, 7) is 1.96. The number of amides is 1.